The molecule has 0 spiro atoms. The number of nitrogens with one attached hydrogen (secondary N) is 1. The standard InChI is InChI=1S/C31H33F2N7O2/c1-42-27-6-2-5-25(33)30(27)31-34-11-9-28(38-31)37-29-14-26(40-12-3-4-23(41)19-40)24(16-36-29)20-7-8-22(35-15-20)18-39-13-10-21(32)17-39/h2,5-9,11,14-16,21,23,41H,3-4,10,12-13,17-19H2,1H3,(H,34,36,37,38)/t21-,23-/m0/s1. The second kappa shape index (κ2) is 12.3. The van der Waals surface area contributed by atoms with Crippen LogP contribution in [0.5, 0.6) is 5.75 Å². The van der Waals surface area contributed by atoms with Crippen LogP contribution in [-0.4, -0.2) is 75.5 Å². The zero-order valence-electron chi connectivity index (χ0n) is 23.4. The lowest BCUT2D eigenvalue weighted by Crippen LogP contribution is -2.38. The molecule has 5 heterocycles. The van der Waals surface area contributed by atoms with Gasteiger partial charge in [-0.15, -0.1) is 0 Å². The van der Waals surface area contributed by atoms with E-state index in [0.717, 1.165) is 48.4 Å². The minimum atomic E-state index is -0.763. The summed E-state index contributed by atoms with van der Waals surface area (Å²) in [5, 5.41) is 13.7. The molecule has 3 aromatic heterocycles. The third-order valence-corrected chi connectivity index (χ3v) is 7.69. The molecule has 2 aliphatic heterocycles. The van der Waals surface area contributed by atoms with Gasteiger partial charge in [0, 0.05) is 74.2 Å². The number of aliphatic hydroxyl groups is 1. The fourth-order valence-corrected chi connectivity index (χ4v) is 5.58. The van der Waals surface area contributed by atoms with E-state index < -0.39 is 18.1 Å². The minimum Gasteiger partial charge on any atom is -0.496 e. The third kappa shape index (κ3) is 6.17. The number of aliphatic hydroxyl groups excluding tert-OH is 1. The summed E-state index contributed by atoms with van der Waals surface area (Å²) in [6.45, 7) is 3.11. The largest absolute Gasteiger partial charge is 0.496 e. The van der Waals surface area contributed by atoms with Crippen molar-refractivity contribution in [2.45, 2.75) is 38.1 Å². The Morgan fingerprint density at radius 2 is 1.93 bits per heavy atom. The molecule has 0 saturated carbocycles. The molecule has 0 bridgehead atoms. The molecule has 42 heavy (non-hydrogen) atoms. The number of nitrogens with zero attached hydrogens (tertiary/aromatic N) is 6. The number of hydrogen-bond donors (Lipinski definition) is 2. The van der Waals surface area contributed by atoms with Crippen LogP contribution in [0, 0.1) is 5.82 Å². The first-order valence-electron chi connectivity index (χ1n) is 14.1. The Hall–Kier alpha value is -4.22. The number of piperidine rings is 1. The van der Waals surface area contributed by atoms with Crippen LogP contribution in [0.25, 0.3) is 22.5 Å². The summed E-state index contributed by atoms with van der Waals surface area (Å²) in [5.41, 5.74) is 3.76. The highest BCUT2D eigenvalue weighted by molar-refractivity contribution is 5.80. The molecular weight excluding hydrogens is 540 g/mol. The topological polar surface area (TPSA) is 99.5 Å². The molecule has 2 N–H and O–H groups in total. The Morgan fingerprint density at radius 1 is 1.02 bits per heavy atom. The van der Waals surface area contributed by atoms with Crippen molar-refractivity contribution < 1.29 is 18.6 Å². The maximum atomic E-state index is 14.7. The van der Waals surface area contributed by atoms with Gasteiger partial charge in [0.05, 0.1) is 24.5 Å². The van der Waals surface area contributed by atoms with Crippen LogP contribution in [0.15, 0.2) is 61.1 Å². The Morgan fingerprint density at radius 3 is 2.69 bits per heavy atom. The summed E-state index contributed by atoms with van der Waals surface area (Å²) in [6.07, 6.45) is 6.18. The predicted molar refractivity (Wildman–Crippen MR) is 157 cm³/mol. The third-order valence-electron chi connectivity index (χ3n) is 7.69. The molecule has 0 unspecified atom stereocenters. The van der Waals surface area contributed by atoms with Crippen LogP contribution in [-0.2, 0) is 6.54 Å². The maximum Gasteiger partial charge on any atom is 0.168 e. The first-order chi connectivity index (χ1) is 20.5. The number of ether oxygens (including phenoxy) is 1. The molecule has 4 aromatic rings. The van der Waals surface area contributed by atoms with Gasteiger partial charge in [0.25, 0.3) is 0 Å². The molecule has 2 saturated heterocycles. The van der Waals surface area contributed by atoms with Crippen molar-refractivity contribution in [1.29, 1.82) is 0 Å². The van der Waals surface area contributed by atoms with Gasteiger partial charge in [-0.3, -0.25) is 9.88 Å². The second-order valence-electron chi connectivity index (χ2n) is 10.7. The normalized spacial score (nSPS) is 19.2. The van der Waals surface area contributed by atoms with Gasteiger partial charge in [-0.2, -0.15) is 0 Å². The van der Waals surface area contributed by atoms with E-state index in [1.54, 1.807) is 30.6 Å². The number of alkyl halides is 1. The lowest BCUT2D eigenvalue weighted by Gasteiger charge is -2.33. The molecule has 2 fully saturated rings. The van der Waals surface area contributed by atoms with Gasteiger partial charge < -0.3 is 20.1 Å². The number of benzene rings is 1. The Bertz CT molecular complexity index is 1540. The first kappa shape index (κ1) is 27.9. The van der Waals surface area contributed by atoms with E-state index >= 15 is 0 Å². The highest BCUT2D eigenvalue weighted by atomic mass is 19.1. The molecule has 1 aromatic carbocycles. The molecule has 0 radical (unpaired) electrons. The number of anilines is 3. The molecule has 6 rings (SSSR count). The lowest BCUT2D eigenvalue weighted by atomic mass is 10.0. The number of β-amino-alcohol motifs (C(OH)–C–C–N with tert-alkyl or cyclic N) is 1. The van der Waals surface area contributed by atoms with E-state index in [-0.39, 0.29) is 11.4 Å². The van der Waals surface area contributed by atoms with E-state index in [2.05, 4.69) is 35.1 Å². The molecule has 11 heteroatoms. The average Bonchev–Trinajstić information content (AvgIpc) is 3.41. The van der Waals surface area contributed by atoms with Crippen molar-refractivity contribution in [3.05, 3.63) is 72.6 Å². The number of methoxy groups -OCH3 is 1. The Kier molecular flexibility index (Phi) is 8.20. The number of halogens is 2. The summed E-state index contributed by atoms with van der Waals surface area (Å²) >= 11 is 0. The number of pyridine rings is 2. The number of rotatable bonds is 8. The molecule has 2 aliphatic rings. The summed E-state index contributed by atoms with van der Waals surface area (Å²) in [7, 11) is 1.47. The van der Waals surface area contributed by atoms with Crippen LogP contribution in [0.1, 0.15) is 25.0 Å². The van der Waals surface area contributed by atoms with Crippen LogP contribution in [0.3, 0.4) is 0 Å². The fraction of sp³-hybridized carbons (Fsp3) is 0.355. The van der Waals surface area contributed by atoms with Gasteiger partial charge in [-0.25, -0.2) is 23.7 Å². The second-order valence-corrected chi connectivity index (χ2v) is 10.7. The first-order valence-corrected chi connectivity index (χ1v) is 14.1. The van der Waals surface area contributed by atoms with Crippen molar-refractivity contribution >= 4 is 17.3 Å². The van der Waals surface area contributed by atoms with Gasteiger partial charge in [-0.05, 0) is 43.5 Å². The molecular formula is C31H33F2N7O2. The van der Waals surface area contributed by atoms with Crippen molar-refractivity contribution in [1.82, 2.24) is 24.8 Å². The van der Waals surface area contributed by atoms with E-state index in [4.69, 9.17) is 4.74 Å². The average molecular weight is 574 g/mol. The zero-order chi connectivity index (χ0) is 29.1. The van der Waals surface area contributed by atoms with Crippen molar-refractivity contribution in [2.75, 3.05) is 43.5 Å². The monoisotopic (exact) mass is 573 g/mol. The molecule has 0 amide bonds. The Labute approximate surface area is 243 Å². The molecule has 2 atom stereocenters. The van der Waals surface area contributed by atoms with Gasteiger partial charge in [-0.1, -0.05) is 12.1 Å². The van der Waals surface area contributed by atoms with Gasteiger partial charge in [0.2, 0.25) is 0 Å². The summed E-state index contributed by atoms with van der Waals surface area (Å²) < 4.78 is 33.6. The van der Waals surface area contributed by atoms with E-state index in [1.807, 2.05) is 24.4 Å². The SMILES string of the molecule is COc1cccc(F)c1-c1nccc(Nc2cc(N3CCC[C@H](O)C3)c(-c3ccc(CN4CC[C@H](F)C4)nc3)cn2)n1. The molecule has 0 aliphatic carbocycles. The molecule has 9 nitrogen and oxygen atoms in total. The fourth-order valence-electron chi connectivity index (χ4n) is 5.58. The zero-order valence-corrected chi connectivity index (χ0v) is 23.4. The van der Waals surface area contributed by atoms with Crippen LogP contribution in [0.2, 0.25) is 0 Å². The predicted octanol–water partition coefficient (Wildman–Crippen LogP) is 5.00. The van der Waals surface area contributed by atoms with E-state index in [9.17, 15) is 13.9 Å². The highest BCUT2D eigenvalue weighted by Gasteiger charge is 2.24. The van der Waals surface area contributed by atoms with Gasteiger partial charge >= 0.3 is 0 Å². The van der Waals surface area contributed by atoms with Gasteiger partial charge in [0.1, 0.15) is 29.4 Å². The van der Waals surface area contributed by atoms with Crippen LogP contribution in [0.4, 0.5) is 26.1 Å². The van der Waals surface area contributed by atoms with Gasteiger partial charge in [0.15, 0.2) is 5.82 Å². The van der Waals surface area contributed by atoms with E-state index in [0.29, 0.717) is 43.4 Å². The Balaban J connectivity index is 1.29. The van der Waals surface area contributed by atoms with Crippen LogP contribution < -0.4 is 15.0 Å². The number of hydrogen-bond acceptors (Lipinski definition) is 9. The van der Waals surface area contributed by atoms with Crippen molar-refractivity contribution in [3.63, 3.8) is 0 Å². The quantitative estimate of drug-likeness (QED) is 0.302. The number of aromatic nitrogens is 4. The van der Waals surface area contributed by atoms with Crippen molar-refractivity contribution in [3.8, 4) is 28.3 Å². The molecule has 218 valence electrons. The van der Waals surface area contributed by atoms with Crippen molar-refractivity contribution in [2.24, 2.45) is 0 Å². The summed E-state index contributed by atoms with van der Waals surface area (Å²) in [6, 6.07) is 12.2. The van der Waals surface area contributed by atoms with E-state index in [1.165, 1.54) is 13.2 Å². The number of likely N-dealkylation sites (tertiary alicyclic amines) is 1. The van der Waals surface area contributed by atoms with Crippen LogP contribution >= 0.6 is 0 Å². The summed E-state index contributed by atoms with van der Waals surface area (Å²) in [4.78, 5) is 22.3. The highest BCUT2D eigenvalue weighted by Crippen LogP contribution is 2.35. The maximum absolute atomic E-state index is 14.7. The lowest BCUT2D eigenvalue weighted by molar-refractivity contribution is 0.154. The summed E-state index contributed by atoms with van der Waals surface area (Å²) in [5.74, 6) is 1.03. The minimum absolute atomic E-state index is 0.181. The smallest absolute Gasteiger partial charge is 0.168 e.